The van der Waals surface area contributed by atoms with Gasteiger partial charge in [0.1, 0.15) is 5.78 Å². The van der Waals surface area contributed by atoms with E-state index in [2.05, 4.69) is 24.0 Å². The largest absolute Gasteiger partial charge is 0.379 e. The number of carbonyl (C=O) groups excluding carboxylic acids is 1. The molecule has 0 saturated carbocycles. The molecule has 0 bridgehead atoms. The fourth-order valence-electron chi connectivity index (χ4n) is 2.13. The lowest BCUT2D eigenvalue weighted by molar-refractivity contribution is -0.119. The van der Waals surface area contributed by atoms with Gasteiger partial charge in [-0.1, -0.05) is 29.8 Å². The van der Waals surface area contributed by atoms with Gasteiger partial charge in [-0.15, -0.1) is 0 Å². The summed E-state index contributed by atoms with van der Waals surface area (Å²) >= 11 is 0. The highest BCUT2D eigenvalue weighted by atomic mass is 16.5. The summed E-state index contributed by atoms with van der Waals surface area (Å²) in [6.07, 6.45) is 1.21. The van der Waals surface area contributed by atoms with Crippen LogP contribution in [-0.2, 0) is 16.0 Å². The lowest BCUT2D eigenvalue weighted by atomic mass is 10.1. The molecule has 1 aromatic rings. The summed E-state index contributed by atoms with van der Waals surface area (Å²) in [5.41, 5.74) is 2.35. The van der Waals surface area contributed by atoms with Crippen LogP contribution in [0.5, 0.6) is 0 Å². The third-order valence-corrected chi connectivity index (χ3v) is 3.33. The van der Waals surface area contributed by atoms with Crippen LogP contribution in [0.15, 0.2) is 24.3 Å². The molecule has 18 heavy (non-hydrogen) atoms. The number of morpholine rings is 1. The summed E-state index contributed by atoms with van der Waals surface area (Å²) in [5.74, 6) is 0.324. The van der Waals surface area contributed by atoms with Gasteiger partial charge in [-0.25, -0.2) is 0 Å². The molecule has 1 aromatic carbocycles. The lowest BCUT2D eigenvalue weighted by Gasteiger charge is -2.26. The molecule has 3 nitrogen and oxygen atoms in total. The van der Waals surface area contributed by atoms with Crippen LogP contribution in [-0.4, -0.2) is 43.5 Å². The summed E-state index contributed by atoms with van der Waals surface area (Å²) in [6.45, 7) is 6.44. The summed E-state index contributed by atoms with van der Waals surface area (Å²) in [6, 6.07) is 8.21. The maximum absolute atomic E-state index is 11.9. The smallest absolute Gasteiger partial charge is 0.138 e. The predicted octanol–water partition coefficient (Wildman–Crippen LogP) is 1.83. The molecule has 1 fully saturated rings. The number of rotatable bonds is 5. The van der Waals surface area contributed by atoms with E-state index >= 15 is 0 Å². The van der Waals surface area contributed by atoms with Crippen LogP contribution in [0.4, 0.5) is 0 Å². The van der Waals surface area contributed by atoms with Crippen molar-refractivity contribution in [2.75, 3.05) is 32.8 Å². The van der Waals surface area contributed by atoms with Gasteiger partial charge in [0.25, 0.3) is 0 Å². The van der Waals surface area contributed by atoms with Crippen LogP contribution in [0, 0.1) is 6.92 Å². The van der Waals surface area contributed by atoms with E-state index in [9.17, 15) is 4.79 Å². The Kier molecular flexibility index (Phi) is 4.90. The van der Waals surface area contributed by atoms with Crippen LogP contribution >= 0.6 is 0 Å². The highest BCUT2D eigenvalue weighted by Gasteiger charge is 2.12. The predicted molar refractivity (Wildman–Crippen MR) is 71.8 cm³/mol. The van der Waals surface area contributed by atoms with E-state index in [0.29, 0.717) is 18.6 Å². The molecular formula is C15H21NO2. The van der Waals surface area contributed by atoms with Crippen molar-refractivity contribution in [2.24, 2.45) is 0 Å². The Labute approximate surface area is 109 Å². The van der Waals surface area contributed by atoms with Crippen LogP contribution < -0.4 is 0 Å². The first-order valence-corrected chi connectivity index (χ1v) is 6.61. The molecule has 1 aliphatic heterocycles. The van der Waals surface area contributed by atoms with Gasteiger partial charge in [0.05, 0.1) is 13.2 Å². The number of hydrogen-bond donors (Lipinski definition) is 0. The second kappa shape index (κ2) is 6.66. The van der Waals surface area contributed by atoms with E-state index in [1.807, 2.05) is 12.1 Å². The number of nitrogens with zero attached hydrogens (tertiary/aromatic N) is 1. The highest BCUT2D eigenvalue weighted by Crippen LogP contribution is 2.06. The van der Waals surface area contributed by atoms with E-state index in [1.165, 1.54) is 5.56 Å². The third-order valence-electron chi connectivity index (χ3n) is 3.33. The standard InChI is InChI=1S/C15H21NO2/c1-13-2-4-14(5-3-13)12-15(17)6-7-16-8-10-18-11-9-16/h2-5H,6-12H2,1H3. The summed E-state index contributed by atoms with van der Waals surface area (Å²) in [5, 5.41) is 0. The van der Waals surface area contributed by atoms with E-state index < -0.39 is 0 Å². The Hall–Kier alpha value is -1.19. The van der Waals surface area contributed by atoms with E-state index in [1.54, 1.807) is 0 Å². The first-order chi connectivity index (χ1) is 8.74. The first kappa shape index (κ1) is 13.2. The second-order valence-corrected chi connectivity index (χ2v) is 4.91. The Bertz CT molecular complexity index is 380. The molecule has 3 heteroatoms. The Balaban J connectivity index is 1.73. The normalized spacial score (nSPS) is 16.7. The average molecular weight is 247 g/mol. The highest BCUT2D eigenvalue weighted by molar-refractivity contribution is 5.81. The molecule has 0 unspecified atom stereocenters. The summed E-state index contributed by atoms with van der Waals surface area (Å²) in [7, 11) is 0. The molecule has 1 aliphatic rings. The van der Waals surface area contributed by atoms with Gasteiger partial charge in [0, 0.05) is 32.5 Å². The van der Waals surface area contributed by atoms with Crippen LogP contribution in [0.1, 0.15) is 17.5 Å². The number of benzene rings is 1. The number of Topliss-reactive ketones (excluding diaryl/α,β-unsaturated/α-hetero) is 1. The van der Waals surface area contributed by atoms with Crippen molar-refractivity contribution in [1.82, 2.24) is 4.90 Å². The van der Waals surface area contributed by atoms with Crippen molar-refractivity contribution in [3.8, 4) is 0 Å². The minimum absolute atomic E-state index is 0.324. The van der Waals surface area contributed by atoms with E-state index in [4.69, 9.17) is 4.74 Å². The molecule has 0 radical (unpaired) electrons. The van der Waals surface area contributed by atoms with Crippen molar-refractivity contribution in [1.29, 1.82) is 0 Å². The van der Waals surface area contributed by atoms with Gasteiger partial charge in [-0.05, 0) is 12.5 Å². The van der Waals surface area contributed by atoms with Gasteiger partial charge >= 0.3 is 0 Å². The molecule has 0 spiro atoms. The maximum Gasteiger partial charge on any atom is 0.138 e. The zero-order valence-electron chi connectivity index (χ0n) is 11.0. The number of ketones is 1. The Morgan fingerprint density at radius 3 is 2.56 bits per heavy atom. The maximum atomic E-state index is 11.9. The fraction of sp³-hybridized carbons (Fsp3) is 0.533. The van der Waals surface area contributed by atoms with Crippen molar-refractivity contribution < 1.29 is 9.53 Å². The molecule has 0 atom stereocenters. The van der Waals surface area contributed by atoms with Gasteiger partial charge in [-0.3, -0.25) is 9.69 Å². The number of aryl methyl sites for hydroxylation is 1. The Morgan fingerprint density at radius 2 is 1.89 bits per heavy atom. The Morgan fingerprint density at radius 1 is 1.22 bits per heavy atom. The molecule has 0 aliphatic carbocycles. The fourth-order valence-corrected chi connectivity index (χ4v) is 2.13. The number of ether oxygens (including phenoxy) is 1. The van der Waals surface area contributed by atoms with Gasteiger partial charge in [-0.2, -0.15) is 0 Å². The third kappa shape index (κ3) is 4.24. The van der Waals surface area contributed by atoms with Crippen LogP contribution in [0.3, 0.4) is 0 Å². The molecule has 0 amide bonds. The van der Waals surface area contributed by atoms with Gasteiger partial charge < -0.3 is 4.74 Å². The second-order valence-electron chi connectivity index (χ2n) is 4.91. The summed E-state index contributed by atoms with van der Waals surface area (Å²) < 4.78 is 5.29. The molecule has 2 rings (SSSR count). The minimum atomic E-state index is 0.324. The lowest BCUT2D eigenvalue weighted by Crippen LogP contribution is -2.37. The van der Waals surface area contributed by atoms with E-state index in [-0.39, 0.29) is 0 Å². The first-order valence-electron chi connectivity index (χ1n) is 6.61. The van der Waals surface area contributed by atoms with Crippen molar-refractivity contribution in [2.45, 2.75) is 19.8 Å². The molecule has 1 saturated heterocycles. The van der Waals surface area contributed by atoms with E-state index in [0.717, 1.165) is 38.4 Å². The molecule has 0 N–H and O–H groups in total. The topological polar surface area (TPSA) is 29.5 Å². The van der Waals surface area contributed by atoms with Gasteiger partial charge in [0.15, 0.2) is 0 Å². The number of hydrogen-bond acceptors (Lipinski definition) is 3. The molecular weight excluding hydrogens is 226 g/mol. The number of carbonyl (C=O) groups is 1. The molecule has 1 heterocycles. The van der Waals surface area contributed by atoms with Gasteiger partial charge in [0.2, 0.25) is 0 Å². The van der Waals surface area contributed by atoms with Crippen LogP contribution in [0.2, 0.25) is 0 Å². The SMILES string of the molecule is Cc1ccc(CC(=O)CCN2CCOCC2)cc1. The average Bonchev–Trinajstić information content (AvgIpc) is 2.40. The quantitative estimate of drug-likeness (QED) is 0.795. The van der Waals surface area contributed by atoms with Crippen molar-refractivity contribution in [3.63, 3.8) is 0 Å². The minimum Gasteiger partial charge on any atom is -0.379 e. The van der Waals surface area contributed by atoms with Crippen molar-refractivity contribution >= 4 is 5.78 Å². The molecule has 98 valence electrons. The molecule has 0 aromatic heterocycles. The zero-order chi connectivity index (χ0) is 12.8. The zero-order valence-corrected chi connectivity index (χ0v) is 11.0. The monoisotopic (exact) mass is 247 g/mol. The summed E-state index contributed by atoms with van der Waals surface area (Å²) in [4.78, 5) is 14.2. The van der Waals surface area contributed by atoms with Crippen LogP contribution in [0.25, 0.3) is 0 Å². The van der Waals surface area contributed by atoms with Crippen molar-refractivity contribution in [3.05, 3.63) is 35.4 Å².